The van der Waals surface area contributed by atoms with Crippen LogP contribution in [-0.2, 0) is 17.8 Å². The normalized spacial score (nSPS) is 11.8. The molecule has 0 radical (unpaired) electrons. The Bertz CT molecular complexity index is 504. The summed E-state index contributed by atoms with van der Waals surface area (Å²) in [6.07, 6.45) is -9.13. The van der Waals surface area contributed by atoms with Gasteiger partial charge in [0, 0.05) is 12.1 Å². The summed E-state index contributed by atoms with van der Waals surface area (Å²) < 4.78 is 65.5. The zero-order chi connectivity index (χ0) is 15.5. The number of aromatic nitrogens is 1. The first-order chi connectivity index (χ1) is 9.14. The fourth-order valence-electron chi connectivity index (χ4n) is 1.45. The summed E-state index contributed by atoms with van der Waals surface area (Å²) in [5, 5.41) is 8.61. The lowest BCUT2D eigenvalue weighted by atomic mass is 10.1. The van der Waals surface area contributed by atoms with Crippen molar-refractivity contribution in [1.82, 2.24) is 4.98 Å². The van der Waals surface area contributed by atoms with Crippen molar-refractivity contribution in [3.05, 3.63) is 23.0 Å². The highest BCUT2D eigenvalue weighted by molar-refractivity contribution is 5.71. The smallest absolute Gasteiger partial charge is 0.481 e. The minimum Gasteiger partial charge on any atom is -0.481 e. The van der Waals surface area contributed by atoms with Crippen LogP contribution in [-0.4, -0.2) is 22.4 Å². The number of carboxylic acids is 1. The van der Waals surface area contributed by atoms with Gasteiger partial charge in [-0.3, -0.25) is 4.79 Å². The molecule has 0 saturated carbocycles. The zero-order valence-electron chi connectivity index (χ0n) is 9.75. The average molecular weight is 300 g/mol. The summed E-state index contributed by atoms with van der Waals surface area (Å²) in [5.74, 6) is -2.46. The van der Waals surface area contributed by atoms with Gasteiger partial charge in [-0.1, -0.05) is 0 Å². The van der Waals surface area contributed by atoms with Crippen LogP contribution in [0.2, 0.25) is 0 Å². The zero-order valence-corrected chi connectivity index (χ0v) is 9.75. The Balaban J connectivity index is 3.39. The Morgan fingerprint density at radius 3 is 2.45 bits per heavy atom. The maximum Gasteiger partial charge on any atom is 0.573 e. The molecule has 0 saturated heterocycles. The molecule has 0 aliphatic carbocycles. The fourth-order valence-corrected chi connectivity index (χ4v) is 1.45. The van der Waals surface area contributed by atoms with Crippen LogP contribution in [0.3, 0.4) is 0 Å². The quantitative estimate of drug-likeness (QED) is 0.812. The molecule has 5 nitrogen and oxygen atoms in total. The first-order valence-electron chi connectivity index (χ1n) is 5.12. The average Bonchev–Trinajstić information content (AvgIpc) is 2.28. The molecule has 20 heavy (non-hydrogen) atoms. The third-order valence-electron chi connectivity index (χ3n) is 2.12. The number of nitrogens with two attached hydrogens (primary N) is 1. The van der Waals surface area contributed by atoms with E-state index in [4.69, 9.17) is 10.8 Å². The van der Waals surface area contributed by atoms with Crippen LogP contribution in [0.4, 0.5) is 22.0 Å². The molecule has 10 heteroatoms. The third-order valence-corrected chi connectivity index (χ3v) is 2.12. The van der Waals surface area contributed by atoms with Crippen molar-refractivity contribution in [2.75, 3.05) is 0 Å². The molecular weight excluding hydrogens is 291 g/mol. The Labute approximate surface area is 109 Å². The van der Waals surface area contributed by atoms with Crippen molar-refractivity contribution < 1.29 is 36.6 Å². The van der Waals surface area contributed by atoms with E-state index in [-0.39, 0.29) is 0 Å². The highest BCUT2D eigenvalue weighted by Crippen LogP contribution is 2.32. The topological polar surface area (TPSA) is 85.4 Å². The van der Waals surface area contributed by atoms with Crippen LogP contribution in [0.25, 0.3) is 0 Å². The summed E-state index contributed by atoms with van der Waals surface area (Å²) in [7, 11) is 0. The number of carboxylic acid groups (broad SMARTS) is 1. The van der Waals surface area contributed by atoms with E-state index in [9.17, 15) is 26.7 Å². The molecule has 1 heterocycles. The van der Waals surface area contributed by atoms with E-state index >= 15 is 0 Å². The number of aliphatic carboxylic acids is 1. The number of rotatable bonds is 5. The van der Waals surface area contributed by atoms with Gasteiger partial charge in [0.15, 0.2) is 5.75 Å². The highest BCUT2D eigenvalue weighted by Gasteiger charge is 2.34. The van der Waals surface area contributed by atoms with E-state index < -0.39 is 54.4 Å². The molecule has 112 valence electrons. The second-order valence-corrected chi connectivity index (χ2v) is 3.61. The summed E-state index contributed by atoms with van der Waals surface area (Å²) in [6.45, 7) is -0.613. The number of ether oxygens (including phenoxy) is 1. The third kappa shape index (κ3) is 4.30. The molecule has 0 amide bonds. The number of hydrogen-bond acceptors (Lipinski definition) is 4. The molecule has 1 rings (SSSR count). The number of carbonyl (C=O) groups is 1. The number of halogens is 5. The van der Waals surface area contributed by atoms with Crippen LogP contribution >= 0.6 is 0 Å². The van der Waals surface area contributed by atoms with E-state index in [1.54, 1.807) is 0 Å². The summed E-state index contributed by atoms with van der Waals surface area (Å²) in [6, 6.07) is 0.555. The lowest BCUT2D eigenvalue weighted by Gasteiger charge is -2.16. The van der Waals surface area contributed by atoms with E-state index in [0.717, 1.165) is 0 Å². The van der Waals surface area contributed by atoms with E-state index in [2.05, 4.69) is 9.72 Å². The second kappa shape index (κ2) is 5.99. The molecule has 0 aromatic carbocycles. The molecule has 1 aromatic rings. The van der Waals surface area contributed by atoms with Gasteiger partial charge in [-0.05, 0) is 6.07 Å². The maximum atomic E-state index is 12.6. The van der Waals surface area contributed by atoms with Crippen molar-refractivity contribution in [3.8, 4) is 5.75 Å². The Hall–Kier alpha value is -1.97. The van der Waals surface area contributed by atoms with Gasteiger partial charge >= 0.3 is 12.3 Å². The molecule has 0 unspecified atom stereocenters. The predicted octanol–water partition coefficient (Wildman–Crippen LogP) is 2.00. The van der Waals surface area contributed by atoms with Gasteiger partial charge in [-0.2, -0.15) is 0 Å². The van der Waals surface area contributed by atoms with E-state index in [1.807, 2.05) is 0 Å². The van der Waals surface area contributed by atoms with Gasteiger partial charge in [-0.15, -0.1) is 13.2 Å². The lowest BCUT2D eigenvalue weighted by Crippen LogP contribution is -2.21. The Morgan fingerprint density at radius 1 is 1.45 bits per heavy atom. The number of pyridine rings is 1. The van der Waals surface area contributed by atoms with Gasteiger partial charge in [0.05, 0.1) is 12.1 Å². The highest BCUT2D eigenvalue weighted by atomic mass is 19.4. The summed E-state index contributed by atoms with van der Waals surface area (Å²) in [5.41, 5.74) is 3.12. The van der Waals surface area contributed by atoms with Crippen LogP contribution < -0.4 is 10.5 Å². The number of hydrogen-bond donors (Lipinski definition) is 2. The van der Waals surface area contributed by atoms with Gasteiger partial charge in [0.25, 0.3) is 6.43 Å². The van der Waals surface area contributed by atoms with Gasteiger partial charge in [0.1, 0.15) is 5.69 Å². The van der Waals surface area contributed by atoms with Crippen molar-refractivity contribution in [2.24, 2.45) is 5.73 Å². The monoisotopic (exact) mass is 300 g/mol. The van der Waals surface area contributed by atoms with Crippen molar-refractivity contribution in [1.29, 1.82) is 0 Å². The number of nitrogens with zero attached hydrogens (tertiary/aromatic N) is 1. The van der Waals surface area contributed by atoms with Crippen LogP contribution in [0, 0.1) is 0 Å². The SMILES string of the molecule is NCc1nc(C(F)F)cc(CC(=O)O)c1OC(F)(F)F. The predicted molar refractivity (Wildman–Crippen MR) is 55.1 cm³/mol. The molecule has 0 fully saturated rings. The molecule has 0 aliphatic rings. The first kappa shape index (κ1) is 16.1. The van der Waals surface area contributed by atoms with Gasteiger partial charge in [-0.25, -0.2) is 13.8 Å². The number of alkyl halides is 5. The van der Waals surface area contributed by atoms with Gasteiger partial charge < -0.3 is 15.6 Å². The summed E-state index contributed by atoms with van der Waals surface area (Å²) >= 11 is 0. The first-order valence-corrected chi connectivity index (χ1v) is 5.12. The van der Waals surface area contributed by atoms with Crippen molar-refractivity contribution >= 4 is 5.97 Å². The lowest BCUT2D eigenvalue weighted by molar-refractivity contribution is -0.275. The Kier molecular flexibility index (Phi) is 4.82. The van der Waals surface area contributed by atoms with Crippen LogP contribution in [0.5, 0.6) is 5.75 Å². The minimum atomic E-state index is -5.12. The molecule has 1 aromatic heterocycles. The molecule has 0 bridgehead atoms. The fraction of sp³-hybridized carbons (Fsp3) is 0.400. The molecular formula is C10H9F5N2O3. The molecule has 0 atom stereocenters. The molecule has 3 N–H and O–H groups in total. The summed E-state index contributed by atoms with van der Waals surface area (Å²) in [4.78, 5) is 13.8. The van der Waals surface area contributed by atoms with E-state index in [0.29, 0.717) is 6.07 Å². The second-order valence-electron chi connectivity index (χ2n) is 3.61. The van der Waals surface area contributed by atoms with Crippen LogP contribution in [0.15, 0.2) is 6.07 Å². The van der Waals surface area contributed by atoms with Crippen molar-refractivity contribution in [2.45, 2.75) is 25.8 Å². The van der Waals surface area contributed by atoms with Crippen molar-refractivity contribution in [3.63, 3.8) is 0 Å². The molecule has 0 spiro atoms. The van der Waals surface area contributed by atoms with Crippen LogP contribution in [0.1, 0.15) is 23.4 Å². The Morgan fingerprint density at radius 2 is 2.05 bits per heavy atom. The van der Waals surface area contributed by atoms with E-state index in [1.165, 1.54) is 0 Å². The largest absolute Gasteiger partial charge is 0.573 e. The molecule has 0 aliphatic heterocycles. The standard InChI is InChI=1S/C10H9F5N2O3/c11-9(12)5-1-4(2-7(18)19)8(6(3-16)17-5)20-10(13,14)15/h1,9H,2-3,16H2,(H,18,19). The maximum absolute atomic E-state index is 12.6. The minimum absolute atomic E-state index is 0.555. The van der Waals surface area contributed by atoms with Gasteiger partial charge in [0.2, 0.25) is 0 Å².